The van der Waals surface area contributed by atoms with Crippen LogP contribution < -0.4 is 10.2 Å². The molecule has 2 aromatic carbocycles. The lowest BCUT2D eigenvalue weighted by atomic mass is 10.1. The first-order chi connectivity index (χ1) is 14.9. The Hall–Kier alpha value is -2.49. The number of sulfonamides is 1. The third-order valence-corrected chi connectivity index (χ3v) is 7.54. The molecule has 0 bridgehead atoms. The number of morpholine rings is 1. The van der Waals surface area contributed by atoms with Gasteiger partial charge in [-0.15, -0.1) is 0 Å². The van der Waals surface area contributed by atoms with Crippen molar-refractivity contribution < 1.29 is 22.3 Å². The lowest BCUT2D eigenvalue weighted by Crippen LogP contribution is -2.40. The third kappa shape index (κ3) is 4.89. The van der Waals surface area contributed by atoms with Gasteiger partial charge in [-0.3, -0.25) is 4.79 Å². The normalized spacial score (nSPS) is 18.0. The molecule has 0 saturated carbocycles. The number of nitrogens with one attached hydrogen (secondary N) is 1. The summed E-state index contributed by atoms with van der Waals surface area (Å²) in [5.74, 6) is -0.845. The molecule has 0 aromatic heterocycles. The van der Waals surface area contributed by atoms with Crippen LogP contribution in [0.3, 0.4) is 0 Å². The summed E-state index contributed by atoms with van der Waals surface area (Å²) in [5, 5.41) is 2.79. The molecule has 0 spiro atoms. The lowest BCUT2D eigenvalue weighted by molar-refractivity contribution is 0.0730. The summed E-state index contributed by atoms with van der Waals surface area (Å²) in [6, 6.07) is 10.2. The van der Waals surface area contributed by atoms with Crippen LogP contribution in [0.4, 0.5) is 15.8 Å². The van der Waals surface area contributed by atoms with Gasteiger partial charge in [0.15, 0.2) is 0 Å². The van der Waals surface area contributed by atoms with Gasteiger partial charge in [0, 0.05) is 31.7 Å². The number of nitrogens with zero attached hydrogens (tertiary/aromatic N) is 2. The first-order valence-corrected chi connectivity index (χ1v) is 11.9. The zero-order valence-electron chi connectivity index (χ0n) is 17.2. The van der Waals surface area contributed by atoms with Crippen molar-refractivity contribution in [2.75, 3.05) is 49.6 Å². The van der Waals surface area contributed by atoms with Gasteiger partial charge in [-0.1, -0.05) is 0 Å². The number of hydrogen-bond donors (Lipinski definition) is 1. The molecule has 2 aliphatic rings. The maximum atomic E-state index is 13.9. The topological polar surface area (TPSA) is 79.0 Å². The van der Waals surface area contributed by atoms with E-state index in [9.17, 15) is 17.6 Å². The number of rotatable bonds is 5. The quantitative estimate of drug-likeness (QED) is 0.762. The molecule has 1 N–H and O–H groups in total. The van der Waals surface area contributed by atoms with E-state index < -0.39 is 21.7 Å². The Labute approximate surface area is 181 Å². The number of anilines is 2. The fraction of sp³-hybridized carbons (Fsp3) is 0.409. The van der Waals surface area contributed by atoms with Gasteiger partial charge in [-0.05, 0) is 61.7 Å². The van der Waals surface area contributed by atoms with E-state index in [1.165, 1.54) is 47.1 Å². The van der Waals surface area contributed by atoms with Crippen molar-refractivity contribution in [3.05, 3.63) is 53.8 Å². The number of carbonyl (C=O) groups is 1. The highest BCUT2D eigenvalue weighted by Crippen LogP contribution is 2.30. The molecule has 0 radical (unpaired) electrons. The summed E-state index contributed by atoms with van der Waals surface area (Å²) in [7, 11) is -3.62. The van der Waals surface area contributed by atoms with E-state index in [0.29, 0.717) is 37.6 Å². The molecular formula is C22H26FN3O4S. The zero-order valence-corrected chi connectivity index (χ0v) is 18.0. The second-order valence-corrected chi connectivity index (χ2v) is 9.64. The molecule has 0 aliphatic carbocycles. The van der Waals surface area contributed by atoms with Crippen LogP contribution in [-0.4, -0.2) is 58.0 Å². The van der Waals surface area contributed by atoms with E-state index in [-0.39, 0.29) is 4.90 Å². The van der Waals surface area contributed by atoms with Crippen LogP contribution in [0.25, 0.3) is 0 Å². The van der Waals surface area contributed by atoms with Gasteiger partial charge in [-0.25, -0.2) is 12.8 Å². The van der Waals surface area contributed by atoms with Crippen molar-refractivity contribution in [3.63, 3.8) is 0 Å². The number of ether oxygens (including phenoxy) is 1. The highest BCUT2D eigenvalue weighted by molar-refractivity contribution is 7.89. The van der Waals surface area contributed by atoms with E-state index in [2.05, 4.69) is 10.2 Å². The van der Waals surface area contributed by atoms with Crippen molar-refractivity contribution >= 4 is 27.3 Å². The summed E-state index contributed by atoms with van der Waals surface area (Å²) in [4.78, 5) is 15.1. The average Bonchev–Trinajstić information content (AvgIpc) is 2.80. The summed E-state index contributed by atoms with van der Waals surface area (Å²) in [6.07, 6.45) is 3.28. The van der Waals surface area contributed by atoms with Crippen LogP contribution in [0.1, 0.15) is 29.6 Å². The Morgan fingerprint density at radius 3 is 2.29 bits per heavy atom. The number of amides is 1. The van der Waals surface area contributed by atoms with E-state index >= 15 is 0 Å². The van der Waals surface area contributed by atoms with Crippen LogP contribution in [-0.2, 0) is 14.8 Å². The summed E-state index contributed by atoms with van der Waals surface area (Å²) in [6.45, 7) is 3.08. The molecule has 2 saturated heterocycles. The molecule has 2 fully saturated rings. The zero-order chi connectivity index (χ0) is 21.8. The second kappa shape index (κ2) is 9.33. The van der Waals surface area contributed by atoms with E-state index in [0.717, 1.165) is 31.6 Å². The van der Waals surface area contributed by atoms with E-state index in [4.69, 9.17) is 4.74 Å². The highest BCUT2D eigenvalue weighted by atomic mass is 32.2. The number of carbonyl (C=O) groups excluding carboxylic acids is 1. The summed E-state index contributed by atoms with van der Waals surface area (Å²) < 4.78 is 45.9. The van der Waals surface area contributed by atoms with Crippen molar-refractivity contribution in [2.24, 2.45) is 0 Å². The van der Waals surface area contributed by atoms with Crippen molar-refractivity contribution in [1.82, 2.24) is 4.31 Å². The largest absolute Gasteiger partial charge is 0.379 e. The first kappa shape index (κ1) is 21.7. The molecule has 31 heavy (non-hydrogen) atoms. The molecule has 9 heteroatoms. The Kier molecular flexibility index (Phi) is 6.54. The smallest absolute Gasteiger partial charge is 0.255 e. The number of halogens is 1. The molecule has 166 valence electrons. The van der Waals surface area contributed by atoms with Gasteiger partial charge in [-0.2, -0.15) is 4.31 Å². The summed E-state index contributed by atoms with van der Waals surface area (Å²) in [5.41, 5.74) is 1.51. The van der Waals surface area contributed by atoms with Gasteiger partial charge in [0.2, 0.25) is 10.0 Å². The van der Waals surface area contributed by atoms with Gasteiger partial charge < -0.3 is 15.0 Å². The molecule has 7 nitrogen and oxygen atoms in total. The Balaban J connectivity index is 1.51. The predicted molar refractivity (Wildman–Crippen MR) is 116 cm³/mol. The fourth-order valence-electron chi connectivity index (χ4n) is 3.93. The second-order valence-electron chi connectivity index (χ2n) is 7.70. The molecule has 1 amide bonds. The molecule has 0 unspecified atom stereocenters. The van der Waals surface area contributed by atoms with Crippen LogP contribution in [0.2, 0.25) is 0 Å². The molecule has 2 aliphatic heterocycles. The fourth-order valence-corrected chi connectivity index (χ4v) is 5.34. The average molecular weight is 448 g/mol. The van der Waals surface area contributed by atoms with Gasteiger partial charge in [0.1, 0.15) is 5.82 Å². The van der Waals surface area contributed by atoms with Crippen LogP contribution >= 0.6 is 0 Å². The van der Waals surface area contributed by atoms with Crippen LogP contribution in [0.5, 0.6) is 0 Å². The van der Waals surface area contributed by atoms with E-state index in [1.54, 1.807) is 6.07 Å². The van der Waals surface area contributed by atoms with E-state index in [1.807, 2.05) is 0 Å². The Morgan fingerprint density at radius 1 is 0.935 bits per heavy atom. The molecule has 2 aromatic rings. The van der Waals surface area contributed by atoms with Crippen molar-refractivity contribution in [1.29, 1.82) is 0 Å². The third-order valence-electron chi connectivity index (χ3n) is 5.63. The maximum Gasteiger partial charge on any atom is 0.255 e. The molecular weight excluding hydrogens is 421 g/mol. The molecule has 0 atom stereocenters. The number of piperidine rings is 1. The maximum absolute atomic E-state index is 13.9. The number of benzene rings is 2. The lowest BCUT2D eigenvalue weighted by Gasteiger charge is -2.30. The standard InChI is InChI=1S/C22H26FN3O4S/c23-18-6-9-21(25-10-2-1-3-11-25)20(16-18)24-22(27)17-4-7-19(8-5-17)31(28,29)26-12-14-30-15-13-26/h4-9,16H,1-3,10-15H2,(H,24,27). The molecule has 4 rings (SSSR count). The van der Waals surface area contributed by atoms with Gasteiger partial charge in [0.25, 0.3) is 5.91 Å². The predicted octanol–water partition coefficient (Wildman–Crippen LogP) is 3.09. The van der Waals surface area contributed by atoms with Crippen molar-refractivity contribution in [3.8, 4) is 0 Å². The minimum Gasteiger partial charge on any atom is -0.379 e. The van der Waals surface area contributed by atoms with Crippen LogP contribution in [0.15, 0.2) is 47.4 Å². The summed E-state index contributed by atoms with van der Waals surface area (Å²) >= 11 is 0. The SMILES string of the molecule is O=C(Nc1cc(F)ccc1N1CCCCC1)c1ccc(S(=O)(=O)N2CCOCC2)cc1. The number of hydrogen-bond acceptors (Lipinski definition) is 5. The Morgan fingerprint density at radius 2 is 1.61 bits per heavy atom. The van der Waals surface area contributed by atoms with Gasteiger partial charge in [0.05, 0.1) is 29.5 Å². The van der Waals surface area contributed by atoms with Crippen molar-refractivity contribution in [2.45, 2.75) is 24.2 Å². The Bertz CT molecular complexity index is 1030. The monoisotopic (exact) mass is 447 g/mol. The van der Waals surface area contributed by atoms with Crippen LogP contribution in [0, 0.1) is 5.82 Å². The highest BCUT2D eigenvalue weighted by Gasteiger charge is 2.26. The minimum atomic E-state index is -3.62. The minimum absolute atomic E-state index is 0.130. The first-order valence-electron chi connectivity index (χ1n) is 10.5. The molecule has 2 heterocycles. The van der Waals surface area contributed by atoms with Gasteiger partial charge >= 0.3 is 0 Å².